The molecule has 0 spiro atoms. The Kier molecular flexibility index (Phi) is 9.32. The fourth-order valence-corrected chi connectivity index (χ4v) is 5.66. The van der Waals surface area contributed by atoms with Gasteiger partial charge in [0.1, 0.15) is 6.54 Å². The highest BCUT2D eigenvalue weighted by molar-refractivity contribution is 7.85. The number of carbonyl (C=O) groups is 1. The number of nitrogens with zero attached hydrogens (tertiary/aromatic N) is 2. The second-order valence-electron chi connectivity index (χ2n) is 9.63. The number of hydrogen-bond donors (Lipinski definition) is 2. The third kappa shape index (κ3) is 7.22. The molecule has 2 aromatic carbocycles. The SMILES string of the molecule is CCN1\C(=C/C=C/C=C/C=C/C2=[N+](CCCCCC(=O)O)c3ccccc3C2)Cc2cc(S(=O)(=O)O)ccc21. The number of hydrogen-bond acceptors (Lipinski definition) is 4. The Hall–Kier alpha value is -3.75. The van der Waals surface area contributed by atoms with Crippen LogP contribution in [0, 0.1) is 0 Å². The summed E-state index contributed by atoms with van der Waals surface area (Å²) >= 11 is 0. The van der Waals surface area contributed by atoms with Crippen LogP contribution in [0.3, 0.4) is 0 Å². The van der Waals surface area contributed by atoms with Crippen LogP contribution in [0.1, 0.15) is 43.7 Å². The van der Waals surface area contributed by atoms with E-state index in [4.69, 9.17) is 5.11 Å². The molecule has 7 nitrogen and oxygen atoms in total. The predicted molar refractivity (Wildman–Crippen MR) is 155 cm³/mol. The molecule has 0 fully saturated rings. The minimum atomic E-state index is -4.22. The number of benzene rings is 2. The van der Waals surface area contributed by atoms with Gasteiger partial charge in [0.05, 0.1) is 11.3 Å². The monoisotopic (exact) mass is 547 g/mol. The Morgan fingerprint density at radius 1 is 0.974 bits per heavy atom. The molecule has 2 N–H and O–H groups in total. The van der Waals surface area contributed by atoms with Crippen LogP contribution in [-0.4, -0.2) is 47.4 Å². The molecule has 0 amide bonds. The maximum atomic E-state index is 11.5. The molecule has 2 heterocycles. The van der Waals surface area contributed by atoms with Gasteiger partial charge in [-0.1, -0.05) is 48.6 Å². The number of aliphatic carboxylic acids is 1. The molecule has 2 aliphatic rings. The van der Waals surface area contributed by atoms with Gasteiger partial charge >= 0.3 is 5.97 Å². The molecule has 8 heteroatoms. The highest BCUT2D eigenvalue weighted by Crippen LogP contribution is 2.35. The lowest BCUT2D eigenvalue weighted by molar-refractivity contribution is -0.437. The Balaban J connectivity index is 1.38. The summed E-state index contributed by atoms with van der Waals surface area (Å²) in [6.07, 6.45) is 18.4. The van der Waals surface area contributed by atoms with E-state index in [1.165, 1.54) is 23.0 Å². The first-order chi connectivity index (χ1) is 18.8. The van der Waals surface area contributed by atoms with Crippen LogP contribution in [0.2, 0.25) is 0 Å². The average Bonchev–Trinajstić information content (AvgIpc) is 3.44. The van der Waals surface area contributed by atoms with E-state index in [1.54, 1.807) is 12.1 Å². The first kappa shape index (κ1) is 28.3. The Morgan fingerprint density at radius 2 is 1.74 bits per heavy atom. The highest BCUT2D eigenvalue weighted by Gasteiger charge is 2.27. The van der Waals surface area contributed by atoms with Crippen molar-refractivity contribution < 1.29 is 27.4 Å². The lowest BCUT2D eigenvalue weighted by Gasteiger charge is -2.19. The second kappa shape index (κ2) is 12.9. The highest BCUT2D eigenvalue weighted by atomic mass is 32.2. The van der Waals surface area contributed by atoms with Crippen LogP contribution in [0.5, 0.6) is 0 Å². The predicted octanol–water partition coefficient (Wildman–Crippen LogP) is 5.85. The summed E-state index contributed by atoms with van der Waals surface area (Å²) in [4.78, 5) is 12.8. The molecule has 0 saturated carbocycles. The van der Waals surface area contributed by atoms with Gasteiger partial charge in [0.15, 0.2) is 5.71 Å². The van der Waals surface area contributed by atoms with Crippen molar-refractivity contribution >= 4 is 33.2 Å². The van der Waals surface area contributed by atoms with E-state index in [0.29, 0.717) is 12.8 Å². The quantitative estimate of drug-likeness (QED) is 0.150. The summed E-state index contributed by atoms with van der Waals surface area (Å²) in [5.74, 6) is -0.737. The molecule has 0 aromatic heterocycles. The zero-order chi connectivity index (χ0) is 27.8. The maximum Gasteiger partial charge on any atom is 0.303 e. The summed E-state index contributed by atoms with van der Waals surface area (Å²) in [5, 5.41) is 8.85. The fourth-order valence-electron chi connectivity index (χ4n) is 5.13. The normalized spacial score (nSPS) is 16.4. The van der Waals surface area contributed by atoms with E-state index in [9.17, 15) is 17.8 Å². The smallest absolute Gasteiger partial charge is 0.303 e. The Morgan fingerprint density at radius 3 is 2.51 bits per heavy atom. The molecule has 2 aliphatic heterocycles. The molecule has 0 bridgehead atoms. The van der Waals surface area contributed by atoms with Crippen LogP contribution < -0.4 is 4.90 Å². The lowest BCUT2D eigenvalue weighted by atomic mass is 10.1. The van der Waals surface area contributed by atoms with Gasteiger partial charge in [0, 0.05) is 54.9 Å². The molecule has 0 saturated heterocycles. The maximum absolute atomic E-state index is 11.5. The van der Waals surface area contributed by atoms with Gasteiger partial charge in [0.2, 0.25) is 5.69 Å². The van der Waals surface area contributed by atoms with Crippen molar-refractivity contribution in [1.29, 1.82) is 0 Å². The van der Waals surface area contributed by atoms with E-state index in [0.717, 1.165) is 49.3 Å². The molecular weight excluding hydrogens is 512 g/mol. The number of rotatable bonds is 12. The zero-order valence-corrected chi connectivity index (χ0v) is 23.0. The largest absolute Gasteiger partial charge is 0.481 e. The van der Waals surface area contributed by atoms with E-state index >= 15 is 0 Å². The van der Waals surface area contributed by atoms with Crippen molar-refractivity contribution in [2.24, 2.45) is 0 Å². The van der Waals surface area contributed by atoms with Crippen molar-refractivity contribution in [3.8, 4) is 0 Å². The number of fused-ring (bicyclic) bond motifs is 2. The van der Waals surface area contributed by atoms with Crippen molar-refractivity contribution in [1.82, 2.24) is 0 Å². The van der Waals surface area contributed by atoms with Crippen molar-refractivity contribution in [2.75, 3.05) is 18.0 Å². The van der Waals surface area contributed by atoms with Crippen LogP contribution >= 0.6 is 0 Å². The van der Waals surface area contributed by atoms with Gasteiger partial charge < -0.3 is 10.0 Å². The molecule has 4 rings (SSSR count). The summed E-state index contributed by atoms with van der Waals surface area (Å²) in [6.45, 7) is 3.68. The Bertz CT molecular complexity index is 1480. The summed E-state index contributed by atoms with van der Waals surface area (Å²) < 4.78 is 34.7. The number of anilines is 1. The van der Waals surface area contributed by atoms with Gasteiger partial charge in [-0.05, 0) is 49.6 Å². The minimum absolute atomic E-state index is 0.0798. The molecular formula is C31H35N2O5S+. The van der Waals surface area contributed by atoms with E-state index in [2.05, 4.69) is 39.8 Å². The van der Waals surface area contributed by atoms with Gasteiger partial charge in [-0.3, -0.25) is 9.35 Å². The third-order valence-electron chi connectivity index (χ3n) is 6.97. The molecule has 0 unspecified atom stereocenters. The number of carboxylic acids is 1. The lowest BCUT2D eigenvalue weighted by Crippen LogP contribution is -2.17. The van der Waals surface area contributed by atoms with Crippen molar-refractivity contribution in [2.45, 2.75) is 50.3 Å². The summed E-state index contributed by atoms with van der Waals surface area (Å²) in [5.41, 5.74) is 6.68. The molecule has 0 aliphatic carbocycles. The van der Waals surface area contributed by atoms with Crippen LogP contribution in [0.15, 0.2) is 95.6 Å². The third-order valence-corrected chi connectivity index (χ3v) is 7.82. The first-order valence-corrected chi connectivity index (χ1v) is 14.7. The van der Waals surface area contributed by atoms with Gasteiger partial charge in [0.25, 0.3) is 10.1 Å². The second-order valence-corrected chi connectivity index (χ2v) is 11.0. The van der Waals surface area contributed by atoms with Crippen molar-refractivity contribution in [3.05, 3.63) is 102 Å². The van der Waals surface area contributed by atoms with Gasteiger partial charge in [-0.2, -0.15) is 13.0 Å². The van der Waals surface area contributed by atoms with Crippen LogP contribution in [0.25, 0.3) is 0 Å². The van der Waals surface area contributed by atoms with E-state index in [-0.39, 0.29) is 11.3 Å². The van der Waals surface area contributed by atoms with Crippen LogP contribution in [0.4, 0.5) is 11.4 Å². The first-order valence-electron chi connectivity index (χ1n) is 13.3. The summed E-state index contributed by atoms with van der Waals surface area (Å²) in [6, 6.07) is 13.1. The Labute approximate surface area is 230 Å². The average molecular weight is 548 g/mol. The molecule has 204 valence electrons. The number of carboxylic acid groups (broad SMARTS) is 1. The zero-order valence-electron chi connectivity index (χ0n) is 22.2. The number of para-hydroxylation sites is 1. The topological polar surface area (TPSA) is 97.9 Å². The minimum Gasteiger partial charge on any atom is -0.481 e. The van der Waals surface area contributed by atoms with Gasteiger partial charge in [-0.15, -0.1) is 0 Å². The molecule has 0 atom stereocenters. The van der Waals surface area contributed by atoms with Gasteiger partial charge in [-0.25, -0.2) is 0 Å². The van der Waals surface area contributed by atoms with Crippen molar-refractivity contribution in [3.63, 3.8) is 0 Å². The van der Waals surface area contributed by atoms with Crippen LogP contribution in [-0.2, 0) is 27.8 Å². The molecule has 2 aromatic rings. The molecule has 39 heavy (non-hydrogen) atoms. The molecule has 0 radical (unpaired) electrons. The fraction of sp³-hybridized carbons (Fsp3) is 0.290. The standard InChI is InChI=1S/C31H34N2O5S/c1-2-32-26(22-25-23-28(39(36,37)38)18-19-30(25)32)14-7-4-3-5-8-15-27-21-24-13-10-11-16-29(24)33(27)20-12-6-9-17-31(34)35/h3-5,7-8,10-11,13-16,18-19,23H,2,6,9,12,17,20-22H2,1H3,(H-,34,35,36,37,38)/p+1. The van der Waals surface area contributed by atoms with E-state index < -0.39 is 16.1 Å². The summed E-state index contributed by atoms with van der Waals surface area (Å²) in [7, 11) is -4.22. The number of unbranched alkanes of at least 4 members (excludes halogenated alkanes) is 2. The number of allylic oxidation sites excluding steroid dienone is 8. The van der Waals surface area contributed by atoms with E-state index in [1.807, 2.05) is 43.4 Å². The number of likely N-dealkylation sites (N-methyl/N-ethyl adjacent to an activating group) is 1.